The second-order valence-corrected chi connectivity index (χ2v) is 20.4. The van der Waals surface area contributed by atoms with E-state index < -0.39 is 108 Å². The molecule has 0 saturated carbocycles. The van der Waals surface area contributed by atoms with Crippen LogP contribution in [0.2, 0.25) is 0 Å². The smallest absolute Gasteiger partial charge is 0.274 e. The van der Waals surface area contributed by atoms with Crippen molar-refractivity contribution in [1.29, 1.82) is 5.26 Å². The summed E-state index contributed by atoms with van der Waals surface area (Å²) in [6.45, 7) is 8.58. The van der Waals surface area contributed by atoms with E-state index in [0.29, 0.717) is 17.0 Å². The fourth-order valence-electron chi connectivity index (χ4n) is 8.05. The Bertz CT molecular complexity index is 2890. The van der Waals surface area contributed by atoms with Gasteiger partial charge in [-0.15, -0.1) is 0 Å². The number of aromatic hydroxyl groups is 1. The number of phenolic OH excluding ortho intramolecular Hbond substituents is 1. The molecule has 25 heteroatoms. The Kier molecular flexibility index (Phi) is 19.7. The number of nitrogens with two attached hydrogens (primary N) is 3. The number of benzene rings is 3. The molecule has 0 fully saturated rings. The molecule has 4 aromatic rings. The Hall–Kier alpha value is -7.31. The number of likely N-dealkylation sites (N-methyl/N-ethyl adjacent to an activating group) is 1. The van der Waals surface area contributed by atoms with E-state index in [1.165, 1.54) is 38.2 Å². The van der Waals surface area contributed by atoms with E-state index in [9.17, 15) is 48.2 Å². The van der Waals surface area contributed by atoms with Gasteiger partial charge >= 0.3 is 0 Å². The molecule has 0 saturated heterocycles. The van der Waals surface area contributed by atoms with E-state index in [-0.39, 0.29) is 76.7 Å². The summed E-state index contributed by atoms with van der Waals surface area (Å²) in [6, 6.07) is 10.4. The molecule has 2 heterocycles. The van der Waals surface area contributed by atoms with Gasteiger partial charge in [-0.2, -0.15) is 13.7 Å². The Balaban J connectivity index is 1.68. The monoisotopic (exact) mass is 1060 g/mol. The Morgan fingerprint density at radius 1 is 0.920 bits per heavy atom. The highest BCUT2D eigenvalue weighted by Crippen LogP contribution is 2.45. The van der Waals surface area contributed by atoms with Gasteiger partial charge in [-0.25, -0.2) is 19.8 Å². The lowest BCUT2D eigenvalue weighted by molar-refractivity contribution is -0.141. The van der Waals surface area contributed by atoms with E-state index in [1.54, 1.807) is 26.0 Å². The highest BCUT2D eigenvalue weighted by molar-refractivity contribution is 7.87. The van der Waals surface area contributed by atoms with Gasteiger partial charge in [0.05, 0.1) is 23.0 Å². The minimum absolute atomic E-state index is 0.00367. The number of carbonyl (C=O) groups excluding carboxylic acids is 5. The molecule has 5 rings (SSSR count). The lowest BCUT2D eigenvalue weighted by Crippen LogP contribution is -2.56. The van der Waals surface area contributed by atoms with Crippen molar-refractivity contribution in [2.75, 3.05) is 46.4 Å². The van der Waals surface area contributed by atoms with Crippen LogP contribution in [-0.4, -0.2) is 145 Å². The normalized spacial score (nSPS) is 17.2. The molecule has 3 aromatic carbocycles. The van der Waals surface area contributed by atoms with Crippen molar-refractivity contribution in [3.8, 4) is 45.8 Å². The second kappa shape index (κ2) is 25.3. The maximum Gasteiger partial charge on any atom is 0.274 e. The summed E-state index contributed by atoms with van der Waals surface area (Å²) in [7, 11) is -3.12. The van der Waals surface area contributed by atoms with E-state index in [4.69, 9.17) is 26.1 Å². The zero-order valence-electron chi connectivity index (χ0n) is 42.8. The van der Waals surface area contributed by atoms with E-state index in [1.807, 2.05) is 24.3 Å². The minimum atomic E-state index is -4.32. The van der Waals surface area contributed by atoms with Gasteiger partial charge in [-0.05, 0) is 73.6 Å². The van der Waals surface area contributed by atoms with Gasteiger partial charge in [0, 0.05) is 49.8 Å². The van der Waals surface area contributed by atoms with Crippen LogP contribution in [0.25, 0.3) is 22.5 Å². The van der Waals surface area contributed by atoms with Gasteiger partial charge in [0.1, 0.15) is 61.9 Å². The molecule has 5 amide bonds. The number of rotatable bonds is 19. The van der Waals surface area contributed by atoms with Crippen molar-refractivity contribution in [1.82, 2.24) is 40.9 Å². The molecule has 75 heavy (non-hydrogen) atoms. The molecule has 0 radical (unpaired) electrons. The van der Waals surface area contributed by atoms with Gasteiger partial charge in [-0.3, -0.25) is 24.0 Å². The van der Waals surface area contributed by atoms with Gasteiger partial charge in [0.25, 0.3) is 16.1 Å². The van der Waals surface area contributed by atoms with Crippen LogP contribution in [0.5, 0.6) is 17.2 Å². The highest BCUT2D eigenvalue weighted by atomic mass is 32.2. The Morgan fingerprint density at radius 2 is 1.53 bits per heavy atom. The van der Waals surface area contributed by atoms with Crippen LogP contribution in [0, 0.1) is 25.2 Å². The predicted molar refractivity (Wildman–Crippen MR) is 275 cm³/mol. The molecular formula is C50H66N12O12S. The molecule has 0 spiro atoms. The zero-order valence-corrected chi connectivity index (χ0v) is 43.6. The first kappa shape index (κ1) is 58.6. The van der Waals surface area contributed by atoms with Crippen LogP contribution in [0.1, 0.15) is 78.6 Å². The summed E-state index contributed by atoms with van der Waals surface area (Å²) >= 11 is 0. The number of nitrogens with zero attached hydrogens (tertiary/aromatic N) is 4. The second-order valence-electron chi connectivity index (χ2n) is 19.0. The fraction of sp³-hybridized carbons (Fsp3) is 0.440. The van der Waals surface area contributed by atoms with Crippen LogP contribution >= 0.6 is 0 Å². The first-order chi connectivity index (χ1) is 35.3. The number of aryl methyl sites for hydroxylation is 2. The molecule has 6 atom stereocenters. The van der Waals surface area contributed by atoms with Gasteiger partial charge < -0.3 is 62.4 Å². The average molecular weight is 1060 g/mol. The Morgan fingerprint density at radius 3 is 2.11 bits per heavy atom. The molecule has 24 nitrogen and oxygen atoms in total. The van der Waals surface area contributed by atoms with Crippen molar-refractivity contribution in [2.45, 2.75) is 96.2 Å². The molecule has 404 valence electrons. The highest BCUT2D eigenvalue weighted by Gasteiger charge is 2.37. The summed E-state index contributed by atoms with van der Waals surface area (Å²) in [5.41, 5.74) is 13.8. The van der Waals surface area contributed by atoms with E-state index >= 15 is 4.79 Å². The number of carbonyl (C=O) groups is 5. The zero-order chi connectivity index (χ0) is 55.5. The van der Waals surface area contributed by atoms with Crippen molar-refractivity contribution in [3.05, 3.63) is 88.2 Å². The molecule has 1 aliphatic heterocycles. The first-order valence-corrected chi connectivity index (χ1v) is 25.4. The average Bonchev–Trinajstić information content (AvgIpc) is 3.35. The molecule has 1 aliphatic rings. The van der Waals surface area contributed by atoms with Crippen LogP contribution in [0.3, 0.4) is 0 Å². The number of nitriles is 1. The summed E-state index contributed by atoms with van der Waals surface area (Å²) in [5.74, 6) is -4.95. The summed E-state index contributed by atoms with van der Waals surface area (Å²) in [5, 5.41) is 57.6. The molecule has 0 unspecified atom stereocenters. The molecule has 1 aromatic heterocycles. The standard InChI is InChI=1S/C50H66N12O12S/c1-26-41(27(2)58-44(57-26)30-9-11-32(12-10-30)50(4,5)6)47(68)60-37(14-16-56-75(54,71)72)49(70)62(7)42-31-20-36(43(65)40(21-31)74-25-34(64)23-53)35-18-29(8-13-39(35)73-24-33(63)22-52)19-38(46(67)55-17-15-51)61-45(66)28(3)59-48(42)69/h8-13,18,20-21,28,33-34,37-38,42,56,63-65H,14,16-17,19,22-25,52-53H2,1-7H3,(H,55,67)(H,59,69)(H,60,68)(H,61,66)(H2,54,71,72)/t28-,33+,34+,37-,38-,42-/m0/s1. The van der Waals surface area contributed by atoms with Crippen LogP contribution in [0.15, 0.2) is 54.6 Å². The third kappa shape index (κ3) is 15.4. The van der Waals surface area contributed by atoms with Crippen LogP contribution in [-0.2, 0) is 41.2 Å². The number of ether oxygens (including phenoxy) is 2. The molecular weight excluding hydrogens is 993 g/mol. The van der Waals surface area contributed by atoms with Crippen molar-refractivity contribution in [2.24, 2.45) is 16.6 Å². The summed E-state index contributed by atoms with van der Waals surface area (Å²) < 4.78 is 38.1. The number of fused-ring (bicyclic) bond motifs is 5. The van der Waals surface area contributed by atoms with Crippen LogP contribution in [0.4, 0.5) is 0 Å². The van der Waals surface area contributed by atoms with Crippen LogP contribution < -0.4 is 52.1 Å². The largest absolute Gasteiger partial charge is 0.504 e. The fourth-order valence-corrected chi connectivity index (χ4v) is 8.45. The number of amides is 5. The third-order valence-electron chi connectivity index (χ3n) is 12.2. The minimum Gasteiger partial charge on any atom is -0.504 e. The summed E-state index contributed by atoms with van der Waals surface area (Å²) in [4.78, 5) is 81.8. The predicted octanol–water partition coefficient (Wildman–Crippen LogP) is -0.506. The maximum absolute atomic E-state index is 15.1. The number of phenols is 1. The van der Waals surface area contributed by atoms with Crippen molar-refractivity contribution < 1.29 is 57.2 Å². The molecule has 0 aliphatic carbocycles. The van der Waals surface area contributed by atoms with E-state index in [2.05, 4.69) is 56.7 Å². The topological polar surface area (TPSA) is 390 Å². The number of aliphatic hydroxyl groups excluding tert-OH is 2. The quantitative estimate of drug-likeness (QED) is 0.0527. The number of hydrogen-bond donors (Lipinski definition) is 11. The van der Waals surface area contributed by atoms with Crippen molar-refractivity contribution in [3.63, 3.8) is 0 Å². The summed E-state index contributed by atoms with van der Waals surface area (Å²) in [6.07, 6.45) is -3.01. The molecule has 14 N–H and O–H groups in total. The number of nitrogens with one attached hydrogen (secondary N) is 5. The third-order valence-corrected chi connectivity index (χ3v) is 12.8. The maximum atomic E-state index is 15.1. The lowest BCUT2D eigenvalue weighted by Gasteiger charge is -2.33. The van der Waals surface area contributed by atoms with E-state index in [0.717, 1.165) is 10.5 Å². The van der Waals surface area contributed by atoms with Crippen molar-refractivity contribution >= 4 is 39.7 Å². The Labute approximate surface area is 434 Å². The van der Waals surface area contributed by atoms with Gasteiger partial charge in [0.2, 0.25) is 23.6 Å². The first-order valence-electron chi connectivity index (χ1n) is 23.8. The van der Waals surface area contributed by atoms with Gasteiger partial charge in [-0.1, -0.05) is 51.1 Å². The number of aromatic nitrogens is 2. The van der Waals surface area contributed by atoms with Gasteiger partial charge in [0.15, 0.2) is 17.3 Å². The number of hydrogen-bond acceptors (Lipinski definition) is 17. The SMILES string of the molecule is Cc1nc(-c2ccc(C(C)(C)C)cc2)nc(C)c1C(=O)N[C@@H](CCNS(N)(=O)=O)C(=O)N(C)[C@@H]1C(=O)N[C@@H](C)C(=O)N[C@H](C(=O)NCC#N)Cc2ccc(OC[C@H](O)CN)c(c2)-c2cc1cc(OC[C@H](O)CN)c2O. The molecule has 4 bridgehead atoms. The number of aliphatic hydroxyl groups is 2. The lowest BCUT2D eigenvalue weighted by atomic mass is 9.86.